The molecule has 0 unspecified atom stereocenters. The Labute approximate surface area is 115 Å². The number of rotatable bonds is 3. The van der Waals surface area contributed by atoms with Crippen LogP contribution in [0.15, 0.2) is 59.7 Å². The van der Waals surface area contributed by atoms with Crippen LogP contribution in [0.1, 0.15) is 5.56 Å². The lowest BCUT2D eigenvalue weighted by Crippen LogP contribution is -2.16. The lowest BCUT2D eigenvalue weighted by atomic mass is 10.1. The molecule has 20 heavy (non-hydrogen) atoms. The van der Waals surface area contributed by atoms with E-state index in [0.29, 0.717) is 6.54 Å². The molecule has 5 heteroatoms. The molecule has 2 N–H and O–H groups in total. The molecular formula is C15H13N3O2. The third kappa shape index (κ3) is 2.47. The number of hydrogen-bond donors (Lipinski definition) is 2. The molecule has 0 radical (unpaired) electrons. The van der Waals surface area contributed by atoms with E-state index in [4.69, 9.17) is 0 Å². The second-order valence-corrected chi connectivity index (χ2v) is 4.48. The minimum Gasteiger partial charge on any atom is -0.493 e. The first-order chi connectivity index (χ1) is 9.72. The molecule has 0 aliphatic rings. The molecule has 100 valence electrons. The van der Waals surface area contributed by atoms with Crippen molar-refractivity contribution in [2.45, 2.75) is 6.54 Å². The summed E-state index contributed by atoms with van der Waals surface area (Å²) in [7, 11) is 0. The Morgan fingerprint density at radius 3 is 2.55 bits per heavy atom. The monoisotopic (exact) mass is 267 g/mol. The lowest BCUT2D eigenvalue weighted by Gasteiger charge is -2.04. The van der Waals surface area contributed by atoms with Crippen molar-refractivity contribution in [2.24, 2.45) is 0 Å². The number of aromatic hydroxyl groups is 1. The van der Waals surface area contributed by atoms with Gasteiger partial charge >= 0.3 is 5.69 Å². The summed E-state index contributed by atoms with van der Waals surface area (Å²) < 4.78 is 1.42. The summed E-state index contributed by atoms with van der Waals surface area (Å²) in [4.78, 5) is 18.1. The topological polar surface area (TPSA) is 70.9 Å². The average Bonchev–Trinajstić information content (AvgIpc) is 2.79. The predicted octanol–water partition coefficient (Wildman–Crippen LogP) is 1.99. The van der Waals surface area contributed by atoms with E-state index in [1.54, 1.807) is 6.20 Å². The van der Waals surface area contributed by atoms with Gasteiger partial charge < -0.3 is 5.11 Å². The van der Waals surface area contributed by atoms with Crippen molar-refractivity contribution < 1.29 is 5.11 Å². The molecule has 0 saturated heterocycles. The highest BCUT2D eigenvalue weighted by molar-refractivity contribution is 5.58. The maximum absolute atomic E-state index is 11.5. The minimum atomic E-state index is -0.323. The van der Waals surface area contributed by atoms with E-state index in [2.05, 4.69) is 9.97 Å². The van der Waals surface area contributed by atoms with Gasteiger partial charge in [0.2, 0.25) is 5.88 Å². The van der Waals surface area contributed by atoms with Crippen LogP contribution in [0.25, 0.3) is 11.3 Å². The molecule has 3 aromatic rings. The van der Waals surface area contributed by atoms with Gasteiger partial charge in [-0.25, -0.2) is 4.79 Å². The fourth-order valence-electron chi connectivity index (χ4n) is 2.05. The standard InChI is InChI=1S/C15H13N3O2/c19-14-10-18(15(20)17-14)9-11-4-6-12(7-5-11)13-3-1-2-8-16-13/h1-8,10,19H,9H2,(H,17,20). The highest BCUT2D eigenvalue weighted by Crippen LogP contribution is 2.17. The Balaban J connectivity index is 1.83. The molecular weight excluding hydrogens is 254 g/mol. The van der Waals surface area contributed by atoms with Crippen LogP contribution in [0.5, 0.6) is 5.88 Å². The molecule has 5 nitrogen and oxygen atoms in total. The van der Waals surface area contributed by atoms with E-state index < -0.39 is 0 Å². The van der Waals surface area contributed by atoms with E-state index in [-0.39, 0.29) is 11.6 Å². The first-order valence-corrected chi connectivity index (χ1v) is 6.21. The van der Waals surface area contributed by atoms with Crippen LogP contribution in [0.4, 0.5) is 0 Å². The van der Waals surface area contributed by atoms with Gasteiger partial charge in [-0.2, -0.15) is 0 Å². The van der Waals surface area contributed by atoms with Crippen LogP contribution in [0.2, 0.25) is 0 Å². The zero-order chi connectivity index (χ0) is 13.9. The number of nitrogens with zero attached hydrogens (tertiary/aromatic N) is 2. The normalized spacial score (nSPS) is 10.6. The number of aromatic nitrogens is 3. The van der Waals surface area contributed by atoms with E-state index in [0.717, 1.165) is 16.8 Å². The second kappa shape index (κ2) is 5.05. The molecule has 0 bridgehead atoms. The largest absolute Gasteiger partial charge is 0.493 e. The number of aromatic amines is 1. The van der Waals surface area contributed by atoms with Crippen molar-refractivity contribution in [1.29, 1.82) is 0 Å². The molecule has 0 aliphatic heterocycles. The molecule has 0 atom stereocenters. The fourth-order valence-corrected chi connectivity index (χ4v) is 2.05. The number of H-pyrrole nitrogens is 1. The van der Waals surface area contributed by atoms with Crippen molar-refractivity contribution in [3.05, 3.63) is 70.9 Å². The van der Waals surface area contributed by atoms with Crippen LogP contribution in [0.3, 0.4) is 0 Å². The highest BCUT2D eigenvalue weighted by Gasteiger charge is 2.03. The highest BCUT2D eigenvalue weighted by atomic mass is 16.3. The second-order valence-electron chi connectivity index (χ2n) is 4.48. The van der Waals surface area contributed by atoms with Crippen LogP contribution in [0, 0.1) is 0 Å². The molecule has 2 aromatic heterocycles. The van der Waals surface area contributed by atoms with Crippen LogP contribution in [-0.2, 0) is 6.54 Å². The van der Waals surface area contributed by atoms with Crippen molar-refractivity contribution in [3.8, 4) is 17.1 Å². The van der Waals surface area contributed by atoms with E-state index in [1.165, 1.54) is 10.8 Å². The average molecular weight is 267 g/mol. The van der Waals surface area contributed by atoms with Crippen molar-refractivity contribution >= 4 is 0 Å². The van der Waals surface area contributed by atoms with Gasteiger partial charge in [0, 0.05) is 11.8 Å². The van der Waals surface area contributed by atoms with Crippen LogP contribution < -0.4 is 5.69 Å². The maximum Gasteiger partial charge on any atom is 0.328 e. The van der Waals surface area contributed by atoms with Gasteiger partial charge in [0.1, 0.15) is 0 Å². The van der Waals surface area contributed by atoms with Crippen molar-refractivity contribution in [2.75, 3.05) is 0 Å². The summed E-state index contributed by atoms with van der Waals surface area (Å²) in [6.07, 6.45) is 3.14. The van der Waals surface area contributed by atoms with Gasteiger partial charge in [0.05, 0.1) is 18.4 Å². The van der Waals surface area contributed by atoms with Crippen LogP contribution in [-0.4, -0.2) is 19.6 Å². The van der Waals surface area contributed by atoms with E-state index >= 15 is 0 Å². The van der Waals surface area contributed by atoms with Gasteiger partial charge in [0.25, 0.3) is 0 Å². The summed E-state index contributed by atoms with van der Waals surface area (Å²) >= 11 is 0. The minimum absolute atomic E-state index is 0.125. The summed E-state index contributed by atoms with van der Waals surface area (Å²) in [6, 6.07) is 13.6. The Bertz CT molecular complexity index is 758. The number of benzene rings is 1. The summed E-state index contributed by atoms with van der Waals surface area (Å²) in [5, 5.41) is 9.22. The van der Waals surface area contributed by atoms with Gasteiger partial charge in [-0.1, -0.05) is 30.3 Å². The molecule has 0 amide bonds. The first-order valence-electron chi connectivity index (χ1n) is 6.21. The number of nitrogens with one attached hydrogen (secondary N) is 1. The van der Waals surface area contributed by atoms with Gasteiger partial charge in [-0.05, 0) is 17.7 Å². The summed E-state index contributed by atoms with van der Waals surface area (Å²) in [6.45, 7) is 0.415. The van der Waals surface area contributed by atoms with Gasteiger partial charge in [-0.15, -0.1) is 0 Å². The van der Waals surface area contributed by atoms with Crippen molar-refractivity contribution in [3.63, 3.8) is 0 Å². The van der Waals surface area contributed by atoms with E-state index in [9.17, 15) is 9.90 Å². The Kier molecular flexibility index (Phi) is 3.09. The predicted molar refractivity (Wildman–Crippen MR) is 75.5 cm³/mol. The summed E-state index contributed by atoms with van der Waals surface area (Å²) in [5.74, 6) is -0.125. The quantitative estimate of drug-likeness (QED) is 0.762. The molecule has 1 aromatic carbocycles. The zero-order valence-electron chi connectivity index (χ0n) is 10.7. The van der Waals surface area contributed by atoms with Crippen LogP contribution >= 0.6 is 0 Å². The molecule has 0 saturated carbocycles. The summed E-state index contributed by atoms with van der Waals surface area (Å²) in [5.41, 5.74) is 2.59. The van der Waals surface area contributed by atoms with Crippen molar-refractivity contribution in [1.82, 2.24) is 14.5 Å². The first kappa shape index (κ1) is 12.2. The Morgan fingerprint density at radius 1 is 1.15 bits per heavy atom. The maximum atomic E-state index is 11.5. The molecule has 3 rings (SSSR count). The van der Waals surface area contributed by atoms with Gasteiger partial charge in [0.15, 0.2) is 0 Å². The smallest absolute Gasteiger partial charge is 0.328 e. The third-order valence-electron chi connectivity index (χ3n) is 3.04. The number of pyridine rings is 1. The fraction of sp³-hybridized carbons (Fsp3) is 0.0667. The number of hydrogen-bond acceptors (Lipinski definition) is 3. The Morgan fingerprint density at radius 2 is 1.95 bits per heavy atom. The SMILES string of the molecule is O=c1[nH]c(O)cn1Cc1ccc(-c2ccccn2)cc1. The Hall–Kier alpha value is -2.82. The zero-order valence-corrected chi connectivity index (χ0v) is 10.7. The molecule has 2 heterocycles. The van der Waals surface area contributed by atoms with E-state index in [1.807, 2.05) is 42.5 Å². The van der Waals surface area contributed by atoms with Gasteiger partial charge in [-0.3, -0.25) is 14.5 Å². The molecule has 0 aliphatic carbocycles. The lowest BCUT2D eigenvalue weighted by molar-refractivity contribution is 0.455. The third-order valence-corrected chi connectivity index (χ3v) is 3.04. The molecule has 0 fully saturated rings. The molecule has 0 spiro atoms. The number of imidazole rings is 1.